The Labute approximate surface area is 846 Å². The summed E-state index contributed by atoms with van der Waals surface area (Å²) in [7, 11) is 0. The third-order valence-corrected chi connectivity index (χ3v) is 25.7. The Bertz CT molecular complexity index is 3470. The van der Waals surface area contributed by atoms with Gasteiger partial charge in [0.1, 0.15) is 0 Å². The van der Waals surface area contributed by atoms with Crippen molar-refractivity contribution >= 4 is 0 Å². The van der Waals surface area contributed by atoms with Gasteiger partial charge in [0, 0.05) is 64.4 Å². The van der Waals surface area contributed by atoms with E-state index < -0.39 is 0 Å². The molecule has 0 amide bonds. The number of nitrogens with zero attached hydrogens (tertiary/aromatic N) is 21. The summed E-state index contributed by atoms with van der Waals surface area (Å²) in [5, 5.41) is 58.5. The van der Waals surface area contributed by atoms with Crippen molar-refractivity contribution in [1.82, 2.24) is 105 Å². The Morgan fingerprint density at radius 2 is 0.350 bits per heavy atom. The van der Waals surface area contributed by atoms with E-state index in [1.807, 2.05) is 38.8 Å². The van der Waals surface area contributed by atoms with E-state index in [-0.39, 0.29) is 0 Å². The molecule has 137 heavy (non-hydrogen) atoms. The highest BCUT2D eigenvalue weighted by atomic mass is 15.5. The molecule has 0 saturated carbocycles. The smallest absolute Gasteiger partial charge is 0.0827 e. The molecule has 0 unspecified atom stereocenters. The maximum absolute atomic E-state index is 4.26. The van der Waals surface area contributed by atoms with Crippen LogP contribution < -0.4 is 0 Å². The lowest BCUT2D eigenvalue weighted by Crippen LogP contribution is -2.06. The van der Waals surface area contributed by atoms with Gasteiger partial charge in [0.25, 0.3) is 0 Å². The van der Waals surface area contributed by atoms with Crippen LogP contribution in [-0.2, 0) is 90.8 Å². The molecule has 0 spiro atoms. The molecule has 7 rings (SSSR count). The summed E-state index contributed by atoms with van der Waals surface area (Å²) < 4.78 is 14.4. The average molecular weight is 1910 g/mol. The number of unbranched alkanes of at least 4 members (excludes halogenated alkanes) is 21. The normalized spacial score (nSPS) is 11.7. The first-order valence-electron chi connectivity index (χ1n) is 57.8. The first-order chi connectivity index (χ1) is 65.6. The predicted octanol–water partition coefficient (Wildman–Crippen LogP) is 32.9. The third kappa shape index (κ3) is 80.1. The van der Waals surface area contributed by atoms with Crippen LogP contribution in [0.15, 0.2) is 43.4 Å². The fraction of sp³-hybridized carbons (Fsp3) is 0.879. The largest absolute Gasteiger partial charge is 0.252 e. The van der Waals surface area contributed by atoms with Crippen LogP contribution in [0.2, 0.25) is 0 Å². The van der Waals surface area contributed by atoms with Crippen molar-refractivity contribution in [2.75, 3.05) is 0 Å². The van der Waals surface area contributed by atoms with Crippen molar-refractivity contribution in [2.45, 2.75) is 580 Å². The van der Waals surface area contributed by atoms with E-state index in [9.17, 15) is 0 Å². The number of hydrogen-bond acceptors (Lipinski definition) is 14. The molecule has 0 fully saturated rings. The lowest BCUT2D eigenvalue weighted by Gasteiger charge is -2.08. The minimum atomic E-state index is 0.730. The molecule has 0 atom stereocenters. The Hall–Kier alpha value is -6.02. The SMILES string of the molecule is CC(C)CCCCCCCn1nncc1CCC(C)C.CC(C)CCCCCCCn1nncc1CCC(C)C.CC(C)CCCCCCc1cn(CCC(C)C)nn1.CC(C)CCCCCCn1nncc1CCCC(C)C.CC(C)CCCCCCn1nncc1CCCC(C)C.CC(C)CCCCCc1cn(CCCC(C)C)nn1.CC(C)CCCCCc1cn(CCCC(C)C)nn1. The summed E-state index contributed by atoms with van der Waals surface area (Å²) in [5.74, 6) is 11.3. The molecule has 0 radical (unpaired) electrons. The maximum Gasteiger partial charge on any atom is 0.0827 e. The van der Waals surface area contributed by atoms with Crippen LogP contribution in [-0.4, -0.2) is 105 Å². The third-order valence-electron chi connectivity index (χ3n) is 25.7. The fourth-order valence-corrected chi connectivity index (χ4v) is 16.6. The van der Waals surface area contributed by atoms with E-state index in [0.29, 0.717) is 0 Å². The molecule has 7 heterocycles. The van der Waals surface area contributed by atoms with Gasteiger partial charge in [-0.2, -0.15) is 0 Å². The Balaban J connectivity index is 0.000000799. The van der Waals surface area contributed by atoms with Crippen molar-refractivity contribution in [3.63, 3.8) is 0 Å². The first kappa shape index (κ1) is 129. The van der Waals surface area contributed by atoms with Crippen molar-refractivity contribution < 1.29 is 0 Å². The molecular formula is C116H225N21. The lowest BCUT2D eigenvalue weighted by atomic mass is 10.0. The highest BCUT2D eigenvalue weighted by molar-refractivity contribution is 4.98. The number of hydrogen-bond donors (Lipinski definition) is 0. The molecule has 7 aromatic heterocycles. The second kappa shape index (κ2) is 85.6. The van der Waals surface area contributed by atoms with Crippen LogP contribution in [0.4, 0.5) is 0 Å². The van der Waals surface area contributed by atoms with Gasteiger partial charge in [-0.25, -0.2) is 18.7 Å². The van der Waals surface area contributed by atoms with Gasteiger partial charge in [0.05, 0.1) is 64.6 Å². The summed E-state index contributed by atoms with van der Waals surface area (Å²) in [6.07, 6.45) is 82.1. The highest BCUT2D eigenvalue weighted by Crippen LogP contribution is 2.22. The van der Waals surface area contributed by atoms with Crippen molar-refractivity contribution in [1.29, 1.82) is 0 Å². The maximum atomic E-state index is 4.26. The van der Waals surface area contributed by atoms with Crippen LogP contribution >= 0.6 is 0 Å². The predicted molar refractivity (Wildman–Crippen MR) is 586 cm³/mol. The molecule has 0 aliphatic heterocycles. The van der Waals surface area contributed by atoms with Crippen molar-refractivity contribution in [3.05, 3.63) is 83.2 Å². The van der Waals surface area contributed by atoms with Gasteiger partial charge in [-0.15, -0.1) is 35.7 Å². The minimum absolute atomic E-state index is 0.730. The second-order valence-electron chi connectivity index (χ2n) is 46.8. The topological polar surface area (TPSA) is 215 Å². The van der Waals surface area contributed by atoms with Crippen LogP contribution in [0.3, 0.4) is 0 Å². The lowest BCUT2D eigenvalue weighted by molar-refractivity contribution is 0.476. The van der Waals surface area contributed by atoms with E-state index >= 15 is 0 Å². The number of aryl methyl sites for hydroxylation is 14. The standard InChI is InChI=1S/4C17H33N3.3C16H31N3/c2*1-15(2)10-7-5-6-8-13-20-17(14-18-19-20)12-9-11-16(3)4;2*1-15(2)10-8-6-5-7-9-13-20-17(14-18-19-20)12-11-16(3)4;2*1-14(2)9-6-5-7-11-16-13-19(18-17-16)12-8-10-15(3)4;1-14(2)9-7-5-6-8-10-16-13-19(18-17-16)12-11-15(3)4/h4*14-16H,5-13H2,1-4H3;3*13-15H,5-12H2,1-4H3. The second-order valence-corrected chi connectivity index (χ2v) is 46.8. The monoisotopic (exact) mass is 1910 g/mol. The number of aromatic nitrogens is 21. The Morgan fingerprint density at radius 1 is 0.161 bits per heavy atom. The van der Waals surface area contributed by atoms with Crippen LogP contribution in [0.25, 0.3) is 0 Å². The molecule has 7 aromatic rings. The summed E-state index contributed by atoms with van der Waals surface area (Å²) >= 11 is 0. The zero-order valence-electron chi connectivity index (χ0n) is 95.4. The van der Waals surface area contributed by atoms with Crippen LogP contribution in [0.1, 0.15) is 529 Å². The molecule has 21 heteroatoms. The Kier molecular flexibility index (Phi) is 80.5. The van der Waals surface area contributed by atoms with E-state index in [1.54, 1.807) is 0 Å². The van der Waals surface area contributed by atoms with E-state index in [4.69, 9.17) is 0 Å². The molecular weight excluding hydrogens is 1690 g/mol. The Morgan fingerprint density at radius 3 is 0.591 bits per heavy atom. The fourth-order valence-electron chi connectivity index (χ4n) is 16.6. The quantitative estimate of drug-likeness (QED) is 0.0324. The van der Waals surface area contributed by atoms with Gasteiger partial charge in [-0.3, -0.25) is 14.0 Å². The van der Waals surface area contributed by atoms with Gasteiger partial charge >= 0.3 is 0 Å². The average Bonchev–Trinajstić information content (AvgIpc) is 1.75. The van der Waals surface area contributed by atoms with Gasteiger partial charge in [-0.05, 0) is 231 Å². The van der Waals surface area contributed by atoms with Crippen LogP contribution in [0, 0.1) is 82.9 Å². The van der Waals surface area contributed by atoms with Crippen molar-refractivity contribution in [3.8, 4) is 0 Å². The summed E-state index contributed by atoms with van der Waals surface area (Å²) in [6.45, 7) is 71.2. The minimum Gasteiger partial charge on any atom is -0.252 e. The molecule has 0 bridgehead atoms. The van der Waals surface area contributed by atoms with Gasteiger partial charge in [-0.1, -0.05) is 423 Å². The zero-order valence-corrected chi connectivity index (χ0v) is 95.4. The molecule has 0 aliphatic rings. The van der Waals surface area contributed by atoms with E-state index in [2.05, 4.69) is 303 Å². The molecule has 0 N–H and O–H groups in total. The summed E-state index contributed by atoms with van der Waals surface area (Å²) in [5.41, 5.74) is 8.72. The van der Waals surface area contributed by atoms with Gasteiger partial charge in [0.2, 0.25) is 0 Å². The first-order valence-corrected chi connectivity index (χ1v) is 57.8. The number of rotatable bonds is 74. The summed E-state index contributed by atoms with van der Waals surface area (Å²) in [4.78, 5) is 0. The van der Waals surface area contributed by atoms with Crippen LogP contribution in [0.5, 0.6) is 0 Å². The molecule has 0 aliphatic carbocycles. The summed E-state index contributed by atoms with van der Waals surface area (Å²) in [6, 6.07) is 0. The highest BCUT2D eigenvalue weighted by Gasteiger charge is 2.14. The van der Waals surface area contributed by atoms with E-state index in [1.165, 1.54) is 318 Å². The molecule has 21 nitrogen and oxygen atoms in total. The van der Waals surface area contributed by atoms with Gasteiger partial charge in [0.15, 0.2) is 0 Å². The molecule has 794 valence electrons. The van der Waals surface area contributed by atoms with Gasteiger partial charge < -0.3 is 0 Å². The zero-order chi connectivity index (χ0) is 101. The van der Waals surface area contributed by atoms with Crippen molar-refractivity contribution in [2.24, 2.45) is 82.9 Å². The molecule has 0 aromatic carbocycles. The molecule has 0 saturated heterocycles. The van der Waals surface area contributed by atoms with E-state index in [0.717, 1.165) is 191 Å².